The van der Waals surface area contributed by atoms with Crippen molar-refractivity contribution in [2.24, 2.45) is 7.05 Å². The molecule has 0 bridgehead atoms. The molecule has 0 saturated heterocycles. The van der Waals surface area contributed by atoms with E-state index in [1.165, 1.54) is 22.7 Å². The fraction of sp³-hybridized carbons (Fsp3) is 0.410. The van der Waals surface area contributed by atoms with Crippen molar-refractivity contribution in [3.63, 3.8) is 0 Å². The van der Waals surface area contributed by atoms with Crippen molar-refractivity contribution in [2.75, 3.05) is 23.3 Å². The van der Waals surface area contributed by atoms with Gasteiger partial charge in [0.15, 0.2) is 5.82 Å². The van der Waals surface area contributed by atoms with Gasteiger partial charge in [-0.2, -0.15) is 0 Å². The molecular formula is C39H44N6O6. The molecule has 12 heteroatoms. The lowest BCUT2D eigenvalue weighted by atomic mass is 9.98. The molecule has 2 aromatic heterocycles. The quantitative estimate of drug-likeness (QED) is 0.248. The van der Waals surface area contributed by atoms with Gasteiger partial charge >= 0.3 is 12.1 Å². The van der Waals surface area contributed by atoms with Crippen LogP contribution >= 0.6 is 0 Å². The molecule has 1 N–H and O–H groups in total. The maximum absolute atomic E-state index is 14.0. The third kappa shape index (κ3) is 6.87. The Balaban J connectivity index is 1.19. The zero-order chi connectivity index (χ0) is 36.0. The number of amides is 2. The van der Waals surface area contributed by atoms with E-state index in [2.05, 4.69) is 9.88 Å². The Bertz CT molecular complexity index is 2110. The number of hydrogen-bond acceptors (Lipinski definition) is 8. The van der Waals surface area contributed by atoms with Crippen LogP contribution in [-0.4, -0.2) is 55.7 Å². The number of hydrogen-bond donors (Lipinski definition) is 1. The summed E-state index contributed by atoms with van der Waals surface area (Å²) in [6, 6.07) is 13.4. The predicted octanol–water partition coefficient (Wildman–Crippen LogP) is 5.89. The second-order valence-electron chi connectivity index (χ2n) is 14.6. The summed E-state index contributed by atoms with van der Waals surface area (Å²) in [4.78, 5) is 60.4. The highest BCUT2D eigenvalue weighted by Crippen LogP contribution is 2.36. The van der Waals surface area contributed by atoms with Gasteiger partial charge in [-0.15, -0.1) is 0 Å². The number of benzene rings is 2. The lowest BCUT2D eigenvalue weighted by Crippen LogP contribution is -2.41. The monoisotopic (exact) mass is 692 g/mol. The first-order valence-corrected chi connectivity index (χ1v) is 17.6. The Morgan fingerprint density at radius 3 is 2.53 bits per heavy atom. The van der Waals surface area contributed by atoms with Gasteiger partial charge in [-0.25, -0.2) is 9.78 Å². The van der Waals surface area contributed by atoms with Gasteiger partial charge < -0.3 is 33.7 Å². The van der Waals surface area contributed by atoms with Crippen molar-refractivity contribution in [2.45, 2.75) is 85.1 Å². The fourth-order valence-electron chi connectivity index (χ4n) is 7.33. The molecule has 0 radical (unpaired) electrons. The van der Waals surface area contributed by atoms with Crippen molar-refractivity contribution in [1.29, 1.82) is 0 Å². The van der Waals surface area contributed by atoms with Gasteiger partial charge in [-0.05, 0) is 93.8 Å². The summed E-state index contributed by atoms with van der Waals surface area (Å²) in [6.45, 7) is 8.96. The summed E-state index contributed by atoms with van der Waals surface area (Å²) in [7, 11) is 1.66. The number of nitrogens with zero attached hydrogens (tertiary/aromatic N) is 5. The number of fused-ring (bicyclic) bond motifs is 4. The molecule has 51 heavy (non-hydrogen) atoms. The van der Waals surface area contributed by atoms with Crippen LogP contribution in [0.25, 0.3) is 11.3 Å². The molecule has 0 saturated carbocycles. The van der Waals surface area contributed by atoms with Crippen molar-refractivity contribution in [3.8, 4) is 11.3 Å². The minimum Gasteiger partial charge on any atom is -0.461 e. The third-order valence-electron chi connectivity index (χ3n) is 9.76. The minimum atomic E-state index is -0.571. The molecule has 12 nitrogen and oxygen atoms in total. The van der Waals surface area contributed by atoms with E-state index in [4.69, 9.17) is 14.5 Å². The summed E-state index contributed by atoms with van der Waals surface area (Å²) in [5, 5.41) is 3.23. The van der Waals surface area contributed by atoms with Gasteiger partial charge in [0.25, 0.3) is 11.5 Å². The van der Waals surface area contributed by atoms with Crippen molar-refractivity contribution in [3.05, 3.63) is 92.7 Å². The van der Waals surface area contributed by atoms with Crippen molar-refractivity contribution < 1.29 is 23.9 Å². The van der Waals surface area contributed by atoms with E-state index in [1.807, 2.05) is 63.2 Å². The highest BCUT2D eigenvalue weighted by Gasteiger charge is 2.32. The number of aromatic nitrogens is 3. The van der Waals surface area contributed by atoms with Gasteiger partial charge in [0, 0.05) is 68.9 Å². The molecule has 4 heterocycles. The Morgan fingerprint density at radius 1 is 0.941 bits per heavy atom. The summed E-state index contributed by atoms with van der Waals surface area (Å²) < 4.78 is 14.7. The van der Waals surface area contributed by atoms with Gasteiger partial charge in [0.1, 0.15) is 17.9 Å². The predicted molar refractivity (Wildman–Crippen MR) is 193 cm³/mol. The summed E-state index contributed by atoms with van der Waals surface area (Å²) >= 11 is 0. The molecule has 2 aromatic carbocycles. The van der Waals surface area contributed by atoms with Crippen molar-refractivity contribution >= 4 is 35.2 Å². The van der Waals surface area contributed by atoms with Crippen LogP contribution in [0.2, 0.25) is 0 Å². The Kier molecular flexibility index (Phi) is 8.94. The molecule has 2 aliphatic heterocycles. The molecule has 1 aliphatic carbocycles. The maximum atomic E-state index is 14.0. The second-order valence-corrected chi connectivity index (χ2v) is 14.6. The zero-order valence-electron chi connectivity index (χ0n) is 29.9. The van der Waals surface area contributed by atoms with E-state index in [0.29, 0.717) is 66.5 Å². The molecule has 0 fully saturated rings. The van der Waals surface area contributed by atoms with Crippen LogP contribution < -0.4 is 15.8 Å². The molecule has 266 valence electrons. The summed E-state index contributed by atoms with van der Waals surface area (Å²) in [6.07, 6.45) is 6.20. The maximum Gasteiger partial charge on any atom is 0.410 e. The first kappa shape index (κ1) is 34.1. The standard InChI is InChI=1S/C39H44N6O6/c1-24(46)50-23-30-29(10-8-12-33(30)45-18-17-44-32-11-7-6-9-26(32)20-34(44)36(45)47)31-22-42(5)37(48)35(41-31)40-28-14-13-27-21-43(16-15-25(27)19-28)38(49)51-39(2,3)4/h8,10,12-14,19-20,22H,6-7,9,11,15-18,21,23H2,1-5H3,(H,40,41). The molecule has 7 rings (SSSR count). The van der Waals surface area contributed by atoms with E-state index >= 15 is 0 Å². The van der Waals surface area contributed by atoms with Crippen molar-refractivity contribution in [1.82, 2.24) is 19.0 Å². The van der Waals surface area contributed by atoms with Gasteiger partial charge in [0.05, 0.1) is 11.4 Å². The SMILES string of the molecule is CC(=O)OCc1c(-c2cn(C)c(=O)c(Nc3ccc4c(c3)CCN(C(=O)OC(C)(C)C)C4)n2)cccc1N1CCn2c(cc3c2CCCC3)C1=O. The van der Waals surface area contributed by atoms with E-state index in [0.717, 1.165) is 36.8 Å². The molecule has 0 spiro atoms. The zero-order valence-corrected chi connectivity index (χ0v) is 29.9. The number of carbonyl (C=O) groups excluding carboxylic acids is 3. The number of rotatable bonds is 6. The van der Waals surface area contributed by atoms with Crippen LogP contribution in [-0.2, 0) is 60.3 Å². The Morgan fingerprint density at radius 2 is 1.75 bits per heavy atom. The number of aryl methyl sites for hydroxylation is 2. The van der Waals surface area contributed by atoms with E-state index in [1.54, 1.807) is 23.0 Å². The lowest BCUT2D eigenvalue weighted by Gasteiger charge is -2.32. The van der Waals surface area contributed by atoms with E-state index in [9.17, 15) is 19.2 Å². The van der Waals surface area contributed by atoms with Crippen LogP contribution in [0.15, 0.2) is 53.5 Å². The first-order valence-electron chi connectivity index (χ1n) is 17.6. The largest absolute Gasteiger partial charge is 0.461 e. The van der Waals surface area contributed by atoms with E-state index < -0.39 is 11.6 Å². The minimum absolute atomic E-state index is 0.0689. The normalized spacial score (nSPS) is 15.5. The molecule has 0 unspecified atom stereocenters. The average Bonchev–Trinajstić information content (AvgIpc) is 3.48. The molecule has 3 aliphatic rings. The fourth-order valence-corrected chi connectivity index (χ4v) is 7.33. The molecule has 4 aromatic rings. The topological polar surface area (TPSA) is 128 Å². The highest BCUT2D eigenvalue weighted by atomic mass is 16.6. The average molecular weight is 693 g/mol. The number of esters is 1. The van der Waals surface area contributed by atoms with Crippen LogP contribution in [0.4, 0.5) is 22.0 Å². The molecular weight excluding hydrogens is 648 g/mol. The first-order chi connectivity index (χ1) is 24.4. The smallest absolute Gasteiger partial charge is 0.410 e. The summed E-state index contributed by atoms with van der Waals surface area (Å²) in [5.41, 5.74) is 7.51. The Hall–Kier alpha value is -5.39. The van der Waals surface area contributed by atoms with Gasteiger partial charge in [-0.1, -0.05) is 18.2 Å². The van der Waals surface area contributed by atoms with E-state index in [-0.39, 0.29) is 30.0 Å². The van der Waals surface area contributed by atoms with Crippen LogP contribution in [0.3, 0.4) is 0 Å². The van der Waals surface area contributed by atoms with Gasteiger partial charge in [0.2, 0.25) is 0 Å². The molecule has 2 amide bonds. The highest BCUT2D eigenvalue weighted by molar-refractivity contribution is 6.07. The third-order valence-corrected chi connectivity index (χ3v) is 9.76. The van der Waals surface area contributed by atoms with Crippen LogP contribution in [0.1, 0.15) is 79.0 Å². The van der Waals surface area contributed by atoms with Crippen LogP contribution in [0, 0.1) is 0 Å². The van der Waals surface area contributed by atoms with Crippen LogP contribution in [0.5, 0.6) is 0 Å². The molecule has 0 atom stereocenters. The Labute approximate surface area is 297 Å². The number of carbonyl (C=O) groups is 3. The van der Waals surface area contributed by atoms with Gasteiger partial charge in [-0.3, -0.25) is 14.4 Å². The summed E-state index contributed by atoms with van der Waals surface area (Å²) in [5.74, 6) is -0.406. The number of ether oxygens (including phenoxy) is 2. The lowest BCUT2D eigenvalue weighted by molar-refractivity contribution is -0.142. The second kappa shape index (κ2) is 13.4. The number of nitrogens with one attached hydrogen (secondary N) is 1. The number of anilines is 3.